The molecule has 1 aliphatic rings. The van der Waals surface area contributed by atoms with Gasteiger partial charge in [0.1, 0.15) is 5.75 Å². The van der Waals surface area contributed by atoms with Crippen LogP contribution in [-0.2, 0) is 4.74 Å². The topological polar surface area (TPSA) is 77.1 Å². The minimum atomic E-state index is 0.0829. The molecule has 1 saturated heterocycles. The Hall–Kier alpha value is -1.75. The van der Waals surface area contributed by atoms with Crippen LogP contribution in [0, 0.1) is 0 Å². The third kappa shape index (κ3) is 3.37. The van der Waals surface area contributed by atoms with Crippen LogP contribution in [0.25, 0.3) is 0 Å². The Bertz CT molecular complexity index is 414. The van der Waals surface area contributed by atoms with Crippen LogP contribution in [0.15, 0.2) is 29.4 Å². The van der Waals surface area contributed by atoms with E-state index >= 15 is 0 Å². The van der Waals surface area contributed by atoms with Crippen LogP contribution in [0.2, 0.25) is 0 Å². The molecular formula is C13H18N2O3. The summed E-state index contributed by atoms with van der Waals surface area (Å²) in [5.41, 5.74) is 6.16. The standard InChI is InChI=1S/C13H18N2O3/c14-13(15-16)10-3-1-4-12(9-10)18-8-6-11-5-2-7-17-11/h1,3-4,9,11,16H,2,5-8H2,(H2,14,15). The quantitative estimate of drug-likeness (QED) is 0.361. The van der Waals surface area contributed by atoms with Gasteiger partial charge in [0.05, 0.1) is 12.7 Å². The van der Waals surface area contributed by atoms with E-state index in [0.29, 0.717) is 18.3 Å². The third-order valence-corrected chi connectivity index (χ3v) is 2.97. The molecule has 98 valence electrons. The second kappa shape index (κ2) is 6.26. The summed E-state index contributed by atoms with van der Waals surface area (Å²) in [6.45, 7) is 1.48. The first-order valence-corrected chi connectivity index (χ1v) is 6.12. The second-order valence-electron chi connectivity index (χ2n) is 4.29. The van der Waals surface area contributed by atoms with Gasteiger partial charge in [-0.3, -0.25) is 0 Å². The van der Waals surface area contributed by atoms with Gasteiger partial charge in [0.15, 0.2) is 5.84 Å². The van der Waals surface area contributed by atoms with E-state index in [1.165, 1.54) is 0 Å². The molecule has 2 rings (SSSR count). The Morgan fingerprint density at radius 3 is 3.17 bits per heavy atom. The highest BCUT2D eigenvalue weighted by molar-refractivity contribution is 5.97. The van der Waals surface area contributed by atoms with E-state index in [-0.39, 0.29) is 5.84 Å². The minimum absolute atomic E-state index is 0.0829. The third-order valence-electron chi connectivity index (χ3n) is 2.97. The van der Waals surface area contributed by atoms with Crippen LogP contribution in [0.5, 0.6) is 5.75 Å². The summed E-state index contributed by atoms with van der Waals surface area (Å²) in [5.74, 6) is 0.802. The first-order valence-electron chi connectivity index (χ1n) is 6.12. The second-order valence-corrected chi connectivity index (χ2v) is 4.29. The molecule has 1 heterocycles. The van der Waals surface area contributed by atoms with E-state index in [1.54, 1.807) is 12.1 Å². The molecule has 1 unspecified atom stereocenters. The van der Waals surface area contributed by atoms with Crippen LogP contribution < -0.4 is 10.5 Å². The van der Waals surface area contributed by atoms with Crippen molar-refractivity contribution in [2.45, 2.75) is 25.4 Å². The van der Waals surface area contributed by atoms with Gasteiger partial charge in [-0.1, -0.05) is 17.3 Å². The van der Waals surface area contributed by atoms with Gasteiger partial charge in [0.2, 0.25) is 0 Å². The lowest BCUT2D eigenvalue weighted by Gasteiger charge is -2.11. The van der Waals surface area contributed by atoms with E-state index in [2.05, 4.69) is 5.16 Å². The summed E-state index contributed by atoms with van der Waals surface area (Å²) >= 11 is 0. The fourth-order valence-electron chi connectivity index (χ4n) is 1.98. The molecular weight excluding hydrogens is 232 g/mol. The van der Waals surface area contributed by atoms with Crippen LogP contribution in [-0.4, -0.2) is 30.4 Å². The van der Waals surface area contributed by atoms with E-state index in [1.807, 2.05) is 12.1 Å². The lowest BCUT2D eigenvalue weighted by Crippen LogP contribution is -2.13. The maximum absolute atomic E-state index is 8.60. The fourth-order valence-corrected chi connectivity index (χ4v) is 1.98. The van der Waals surface area contributed by atoms with Crippen LogP contribution in [0.4, 0.5) is 0 Å². The number of rotatable bonds is 5. The molecule has 0 aromatic heterocycles. The number of oxime groups is 1. The molecule has 18 heavy (non-hydrogen) atoms. The van der Waals surface area contributed by atoms with Crippen molar-refractivity contribution in [2.75, 3.05) is 13.2 Å². The summed E-state index contributed by atoms with van der Waals surface area (Å²) in [5, 5.41) is 11.6. The van der Waals surface area contributed by atoms with Crippen molar-refractivity contribution in [1.29, 1.82) is 0 Å². The average molecular weight is 250 g/mol. The average Bonchev–Trinajstić information content (AvgIpc) is 2.91. The monoisotopic (exact) mass is 250 g/mol. The first kappa shape index (κ1) is 12.7. The smallest absolute Gasteiger partial charge is 0.170 e. The van der Waals surface area contributed by atoms with Crippen molar-refractivity contribution in [3.63, 3.8) is 0 Å². The molecule has 5 heteroatoms. The molecule has 0 aliphatic carbocycles. The highest BCUT2D eigenvalue weighted by Gasteiger charge is 2.15. The summed E-state index contributed by atoms with van der Waals surface area (Å²) < 4.78 is 11.1. The zero-order valence-electron chi connectivity index (χ0n) is 10.2. The highest BCUT2D eigenvalue weighted by Crippen LogP contribution is 2.17. The van der Waals surface area contributed by atoms with Gasteiger partial charge in [-0.05, 0) is 25.0 Å². The fraction of sp³-hybridized carbons (Fsp3) is 0.462. The van der Waals surface area contributed by atoms with Gasteiger partial charge in [0, 0.05) is 18.6 Å². The van der Waals surface area contributed by atoms with E-state index in [4.69, 9.17) is 20.4 Å². The normalized spacial score (nSPS) is 20.0. The van der Waals surface area contributed by atoms with Crippen molar-refractivity contribution >= 4 is 5.84 Å². The number of nitrogens with two attached hydrogens (primary N) is 1. The highest BCUT2D eigenvalue weighted by atomic mass is 16.5. The van der Waals surface area contributed by atoms with Crippen LogP contribution in [0.1, 0.15) is 24.8 Å². The van der Waals surface area contributed by atoms with E-state index in [0.717, 1.165) is 31.6 Å². The van der Waals surface area contributed by atoms with Gasteiger partial charge in [-0.2, -0.15) is 0 Å². The zero-order chi connectivity index (χ0) is 12.8. The van der Waals surface area contributed by atoms with Gasteiger partial charge in [-0.25, -0.2) is 0 Å². The maximum Gasteiger partial charge on any atom is 0.170 e. The van der Waals surface area contributed by atoms with Gasteiger partial charge in [-0.15, -0.1) is 0 Å². The number of ether oxygens (including phenoxy) is 2. The first-order chi connectivity index (χ1) is 8.79. The lowest BCUT2D eigenvalue weighted by atomic mass is 10.2. The molecule has 5 nitrogen and oxygen atoms in total. The number of amidine groups is 1. The molecule has 1 atom stereocenters. The summed E-state index contributed by atoms with van der Waals surface area (Å²) in [6.07, 6.45) is 3.49. The Balaban J connectivity index is 1.85. The van der Waals surface area contributed by atoms with E-state index < -0.39 is 0 Å². The molecule has 3 N–H and O–H groups in total. The largest absolute Gasteiger partial charge is 0.493 e. The van der Waals surface area contributed by atoms with Crippen LogP contribution in [0.3, 0.4) is 0 Å². The summed E-state index contributed by atoms with van der Waals surface area (Å²) in [4.78, 5) is 0. The molecule has 0 amide bonds. The zero-order valence-corrected chi connectivity index (χ0v) is 10.2. The predicted octanol–water partition coefficient (Wildman–Crippen LogP) is 1.73. The van der Waals surface area contributed by atoms with Crippen molar-refractivity contribution < 1.29 is 14.7 Å². The van der Waals surface area contributed by atoms with Crippen molar-refractivity contribution in [3.8, 4) is 5.75 Å². The van der Waals surface area contributed by atoms with Crippen LogP contribution >= 0.6 is 0 Å². The Morgan fingerprint density at radius 1 is 1.56 bits per heavy atom. The van der Waals surface area contributed by atoms with E-state index in [9.17, 15) is 0 Å². The molecule has 0 spiro atoms. The Kier molecular flexibility index (Phi) is 4.41. The molecule has 0 radical (unpaired) electrons. The van der Waals surface area contributed by atoms with Crippen molar-refractivity contribution in [2.24, 2.45) is 10.9 Å². The van der Waals surface area contributed by atoms with Gasteiger partial charge in [0.25, 0.3) is 0 Å². The van der Waals surface area contributed by atoms with Gasteiger partial charge < -0.3 is 20.4 Å². The number of benzene rings is 1. The lowest BCUT2D eigenvalue weighted by molar-refractivity contribution is 0.0903. The predicted molar refractivity (Wildman–Crippen MR) is 68.0 cm³/mol. The molecule has 0 saturated carbocycles. The molecule has 1 aliphatic heterocycles. The van der Waals surface area contributed by atoms with Gasteiger partial charge >= 0.3 is 0 Å². The molecule has 1 aromatic rings. The Morgan fingerprint density at radius 2 is 2.44 bits per heavy atom. The summed E-state index contributed by atoms with van der Waals surface area (Å²) in [7, 11) is 0. The number of nitrogens with zero attached hydrogens (tertiary/aromatic N) is 1. The maximum atomic E-state index is 8.60. The van der Waals surface area contributed by atoms with Crippen molar-refractivity contribution in [1.82, 2.24) is 0 Å². The number of hydrogen-bond donors (Lipinski definition) is 2. The summed E-state index contributed by atoms with van der Waals surface area (Å²) in [6, 6.07) is 7.19. The van der Waals surface area contributed by atoms with Crippen molar-refractivity contribution in [3.05, 3.63) is 29.8 Å². The Labute approximate surface area is 106 Å². The SMILES string of the molecule is NC(=NO)c1cccc(OCCC2CCCO2)c1. The molecule has 1 aromatic carbocycles. The molecule has 0 bridgehead atoms. The number of hydrogen-bond acceptors (Lipinski definition) is 4. The minimum Gasteiger partial charge on any atom is -0.493 e. The molecule has 1 fully saturated rings.